The summed E-state index contributed by atoms with van der Waals surface area (Å²) in [7, 11) is 0. The molecule has 12 heteroatoms. The maximum atomic E-state index is 13.6. The Labute approximate surface area is 152 Å². The van der Waals surface area contributed by atoms with Crippen LogP contribution in [-0.2, 0) is 17.5 Å². The Hall–Kier alpha value is -2.66. The van der Waals surface area contributed by atoms with Gasteiger partial charge in [-0.2, -0.15) is 18.3 Å². The van der Waals surface area contributed by atoms with Crippen molar-refractivity contribution in [3.05, 3.63) is 46.5 Å². The number of nitrogens with zero attached hydrogens (tertiary/aromatic N) is 2. The lowest BCUT2D eigenvalue weighted by Gasteiger charge is -2.11. The Morgan fingerprint density at radius 3 is 2.07 bits per heavy atom. The van der Waals surface area contributed by atoms with Crippen LogP contribution in [0.4, 0.5) is 40.8 Å². The highest BCUT2D eigenvalue weighted by atomic mass is 19.4. The van der Waals surface area contributed by atoms with Crippen LogP contribution in [-0.4, -0.2) is 15.7 Å². The van der Waals surface area contributed by atoms with Gasteiger partial charge in [-0.3, -0.25) is 9.48 Å². The van der Waals surface area contributed by atoms with Gasteiger partial charge in [0.2, 0.25) is 11.7 Å². The van der Waals surface area contributed by atoms with Crippen molar-refractivity contribution in [1.29, 1.82) is 0 Å². The predicted octanol–water partition coefficient (Wildman–Crippen LogP) is 4.50. The summed E-state index contributed by atoms with van der Waals surface area (Å²) >= 11 is 0. The SMILES string of the molecule is O=C(CCn1nc(C(F)(F)F)cc1C1CC1)Nc1c(F)c(F)c(F)c(F)c1F. The summed E-state index contributed by atoms with van der Waals surface area (Å²) in [6, 6.07) is 0.861. The molecule has 0 atom stereocenters. The van der Waals surface area contributed by atoms with Crippen molar-refractivity contribution in [3.8, 4) is 0 Å². The van der Waals surface area contributed by atoms with Crippen molar-refractivity contribution < 1.29 is 39.9 Å². The summed E-state index contributed by atoms with van der Waals surface area (Å²) in [6.45, 7) is -0.372. The first-order valence-electron chi connectivity index (χ1n) is 7.97. The van der Waals surface area contributed by atoms with Crippen LogP contribution in [0.3, 0.4) is 0 Å². The normalized spacial score (nSPS) is 14.4. The summed E-state index contributed by atoms with van der Waals surface area (Å²) in [5.41, 5.74) is -2.41. The van der Waals surface area contributed by atoms with Crippen LogP contribution in [0, 0.1) is 29.1 Å². The second-order valence-corrected chi connectivity index (χ2v) is 6.19. The van der Waals surface area contributed by atoms with E-state index in [4.69, 9.17) is 0 Å². The molecule has 1 fully saturated rings. The van der Waals surface area contributed by atoms with Gasteiger partial charge < -0.3 is 5.32 Å². The fourth-order valence-electron chi connectivity index (χ4n) is 2.58. The van der Waals surface area contributed by atoms with Gasteiger partial charge in [0.05, 0.1) is 0 Å². The summed E-state index contributed by atoms with van der Waals surface area (Å²) < 4.78 is 106. The zero-order valence-corrected chi connectivity index (χ0v) is 13.8. The van der Waals surface area contributed by atoms with E-state index in [1.165, 1.54) is 0 Å². The second kappa shape index (κ2) is 7.06. The number of rotatable bonds is 5. The monoisotopic (exact) mass is 413 g/mol. The van der Waals surface area contributed by atoms with Gasteiger partial charge in [0.25, 0.3) is 0 Å². The van der Waals surface area contributed by atoms with Crippen LogP contribution >= 0.6 is 0 Å². The van der Waals surface area contributed by atoms with Gasteiger partial charge >= 0.3 is 6.18 Å². The molecule has 1 amide bonds. The zero-order valence-electron chi connectivity index (χ0n) is 13.8. The van der Waals surface area contributed by atoms with E-state index in [1.807, 2.05) is 0 Å². The summed E-state index contributed by atoms with van der Waals surface area (Å²) in [5, 5.41) is 4.95. The smallest absolute Gasteiger partial charge is 0.321 e. The number of carbonyl (C=O) groups is 1. The molecule has 28 heavy (non-hydrogen) atoms. The molecule has 0 bridgehead atoms. The summed E-state index contributed by atoms with van der Waals surface area (Å²) in [4.78, 5) is 11.9. The minimum atomic E-state index is -4.69. The van der Waals surface area contributed by atoms with Gasteiger partial charge in [-0.15, -0.1) is 0 Å². The maximum Gasteiger partial charge on any atom is 0.435 e. The first-order valence-corrected chi connectivity index (χ1v) is 7.97. The van der Waals surface area contributed by atoms with Crippen molar-refractivity contribution in [1.82, 2.24) is 9.78 Å². The second-order valence-electron chi connectivity index (χ2n) is 6.19. The molecule has 1 aliphatic rings. The summed E-state index contributed by atoms with van der Waals surface area (Å²) in [5.74, 6) is -12.6. The van der Waals surface area contributed by atoms with E-state index in [2.05, 4.69) is 5.10 Å². The van der Waals surface area contributed by atoms with Gasteiger partial charge in [-0.1, -0.05) is 0 Å². The average molecular weight is 413 g/mol. The van der Waals surface area contributed by atoms with Crippen molar-refractivity contribution in [2.24, 2.45) is 0 Å². The Balaban J connectivity index is 1.75. The Morgan fingerprint density at radius 1 is 1.04 bits per heavy atom. The number of halogens is 8. The number of hydrogen-bond donors (Lipinski definition) is 1. The molecule has 0 unspecified atom stereocenters. The number of nitrogens with one attached hydrogen (secondary N) is 1. The quantitative estimate of drug-likeness (QED) is 0.446. The van der Waals surface area contributed by atoms with Crippen LogP contribution in [0.25, 0.3) is 0 Å². The number of aromatic nitrogens is 2. The van der Waals surface area contributed by atoms with Crippen LogP contribution in [0.2, 0.25) is 0 Å². The lowest BCUT2D eigenvalue weighted by molar-refractivity contribution is -0.141. The third kappa shape index (κ3) is 3.80. The lowest BCUT2D eigenvalue weighted by Crippen LogP contribution is -2.19. The molecule has 1 aromatic carbocycles. The van der Waals surface area contributed by atoms with E-state index < -0.39 is 59.0 Å². The predicted molar refractivity (Wildman–Crippen MR) is 78.7 cm³/mol. The standard InChI is InChI=1S/C16H11F8N3O/c17-10-11(18)13(20)15(14(21)12(10)19)25-9(28)3-4-27-7(6-1-2-6)5-8(26-27)16(22,23)24/h5-6H,1-4H2,(H,25,28). The molecule has 1 aliphatic carbocycles. The lowest BCUT2D eigenvalue weighted by atomic mass is 10.2. The van der Waals surface area contributed by atoms with Crippen molar-refractivity contribution in [2.75, 3.05) is 5.32 Å². The Kier molecular flexibility index (Phi) is 5.06. The van der Waals surface area contributed by atoms with Gasteiger partial charge in [0, 0.05) is 24.6 Å². The third-order valence-corrected chi connectivity index (χ3v) is 4.12. The van der Waals surface area contributed by atoms with Crippen LogP contribution < -0.4 is 5.32 Å². The van der Waals surface area contributed by atoms with E-state index in [1.54, 1.807) is 5.32 Å². The Morgan fingerprint density at radius 2 is 1.57 bits per heavy atom. The van der Waals surface area contributed by atoms with Crippen molar-refractivity contribution >= 4 is 11.6 Å². The molecule has 3 rings (SSSR count). The third-order valence-electron chi connectivity index (χ3n) is 4.12. The molecule has 4 nitrogen and oxygen atoms in total. The van der Waals surface area contributed by atoms with Crippen molar-refractivity contribution in [3.63, 3.8) is 0 Å². The maximum absolute atomic E-state index is 13.6. The number of alkyl halides is 3. The summed E-state index contributed by atoms with van der Waals surface area (Å²) in [6.07, 6.45) is -3.98. The molecule has 1 heterocycles. The molecule has 2 aromatic rings. The fourth-order valence-corrected chi connectivity index (χ4v) is 2.58. The van der Waals surface area contributed by atoms with Crippen LogP contribution in [0.15, 0.2) is 6.07 Å². The molecular weight excluding hydrogens is 402 g/mol. The number of anilines is 1. The van der Waals surface area contributed by atoms with E-state index in [-0.39, 0.29) is 18.2 Å². The van der Waals surface area contributed by atoms with Gasteiger partial charge in [-0.25, -0.2) is 22.0 Å². The number of aryl methyl sites for hydroxylation is 1. The molecule has 0 spiro atoms. The minimum Gasteiger partial charge on any atom is -0.321 e. The molecular formula is C16H11F8N3O. The molecule has 0 aliphatic heterocycles. The largest absolute Gasteiger partial charge is 0.435 e. The molecule has 0 radical (unpaired) electrons. The number of hydrogen-bond acceptors (Lipinski definition) is 2. The number of amides is 1. The van der Waals surface area contributed by atoms with E-state index in [9.17, 15) is 39.9 Å². The molecule has 1 N–H and O–H groups in total. The molecule has 152 valence electrons. The van der Waals surface area contributed by atoms with E-state index >= 15 is 0 Å². The van der Waals surface area contributed by atoms with Gasteiger partial charge in [-0.05, 0) is 18.9 Å². The number of benzene rings is 1. The van der Waals surface area contributed by atoms with Gasteiger partial charge in [0.15, 0.2) is 29.0 Å². The highest BCUT2D eigenvalue weighted by molar-refractivity contribution is 5.91. The van der Waals surface area contributed by atoms with E-state index in [0.29, 0.717) is 12.8 Å². The highest BCUT2D eigenvalue weighted by Gasteiger charge is 2.37. The van der Waals surface area contributed by atoms with Gasteiger partial charge in [0.1, 0.15) is 5.69 Å². The Bertz CT molecular complexity index is 904. The average Bonchev–Trinajstić information content (AvgIpc) is 3.38. The topological polar surface area (TPSA) is 46.9 Å². The van der Waals surface area contributed by atoms with E-state index in [0.717, 1.165) is 10.7 Å². The molecule has 0 saturated heterocycles. The zero-order chi connectivity index (χ0) is 20.8. The first-order chi connectivity index (χ1) is 13.0. The highest BCUT2D eigenvalue weighted by Crippen LogP contribution is 2.42. The molecule has 1 saturated carbocycles. The number of carbonyl (C=O) groups excluding carboxylic acids is 1. The van der Waals surface area contributed by atoms with Crippen molar-refractivity contribution in [2.45, 2.75) is 37.9 Å². The first kappa shape index (κ1) is 20.1. The molecule has 1 aromatic heterocycles. The fraction of sp³-hybridized carbons (Fsp3) is 0.375. The van der Waals surface area contributed by atoms with Crippen LogP contribution in [0.1, 0.15) is 36.6 Å². The van der Waals surface area contributed by atoms with Crippen LogP contribution in [0.5, 0.6) is 0 Å². The minimum absolute atomic E-state index is 0.137.